The van der Waals surface area contributed by atoms with Gasteiger partial charge < -0.3 is 24.6 Å². The molecule has 2 N–H and O–H groups in total. The molecular weight excluding hydrogens is 310 g/mol. The maximum Gasteiger partial charge on any atom is 0.338 e. The minimum absolute atomic E-state index is 0.151. The Morgan fingerprint density at radius 1 is 1.25 bits per heavy atom. The summed E-state index contributed by atoms with van der Waals surface area (Å²) in [7, 11) is 4.82. The number of carbonyl (C=O) groups excluding carboxylic acids is 1. The summed E-state index contributed by atoms with van der Waals surface area (Å²) in [6.07, 6.45) is 4.11. The highest BCUT2D eigenvalue weighted by Gasteiger charge is 2.17. The molecule has 6 heteroatoms. The molecule has 1 unspecified atom stereocenters. The third-order valence-corrected chi connectivity index (χ3v) is 4.06. The number of carbonyl (C=O) groups is 1. The van der Waals surface area contributed by atoms with Crippen LogP contribution in [0.25, 0.3) is 0 Å². The van der Waals surface area contributed by atoms with Crippen molar-refractivity contribution in [2.24, 2.45) is 5.92 Å². The van der Waals surface area contributed by atoms with Gasteiger partial charge in [-0.1, -0.05) is 13.3 Å². The smallest absolute Gasteiger partial charge is 0.338 e. The predicted molar refractivity (Wildman–Crippen MR) is 93.1 cm³/mol. The Hall–Kier alpha value is -1.95. The van der Waals surface area contributed by atoms with Gasteiger partial charge in [-0.3, -0.25) is 0 Å². The van der Waals surface area contributed by atoms with Gasteiger partial charge in [-0.15, -0.1) is 0 Å². The van der Waals surface area contributed by atoms with E-state index >= 15 is 0 Å². The quantitative estimate of drug-likeness (QED) is 0.477. The van der Waals surface area contributed by atoms with Crippen LogP contribution in [0.5, 0.6) is 17.2 Å². The number of hydrogen-bond acceptors (Lipinski definition) is 6. The lowest BCUT2D eigenvalue weighted by Crippen LogP contribution is -2.14. The van der Waals surface area contributed by atoms with Crippen LogP contribution in [-0.2, 0) is 4.74 Å². The summed E-state index contributed by atoms with van der Waals surface area (Å²) in [5, 5.41) is 13.0. The van der Waals surface area contributed by atoms with Gasteiger partial charge in [0.2, 0.25) is 5.75 Å². The highest BCUT2D eigenvalue weighted by Crippen LogP contribution is 2.37. The van der Waals surface area contributed by atoms with Gasteiger partial charge in [-0.2, -0.15) is 0 Å². The Kier molecular flexibility index (Phi) is 9.01. The molecule has 0 aliphatic heterocycles. The van der Waals surface area contributed by atoms with E-state index in [1.807, 2.05) is 7.05 Å². The summed E-state index contributed by atoms with van der Waals surface area (Å²) in [5.74, 6) is 0.504. The van der Waals surface area contributed by atoms with Crippen LogP contribution in [0, 0.1) is 5.92 Å². The van der Waals surface area contributed by atoms with Crippen LogP contribution in [-0.4, -0.2) is 45.5 Å². The number of nitrogens with one attached hydrogen (secondary N) is 1. The van der Waals surface area contributed by atoms with Gasteiger partial charge in [0, 0.05) is 0 Å². The number of phenolic OH excluding ortho intramolecular Hbond substituents is 1. The Bertz CT molecular complexity index is 518. The molecule has 136 valence electrons. The first-order valence-electron chi connectivity index (χ1n) is 8.34. The zero-order chi connectivity index (χ0) is 17.9. The average molecular weight is 339 g/mol. The molecule has 6 nitrogen and oxygen atoms in total. The first-order chi connectivity index (χ1) is 11.6. The molecule has 1 aromatic rings. The third-order valence-electron chi connectivity index (χ3n) is 4.06. The Labute approximate surface area is 144 Å². The van der Waals surface area contributed by atoms with Gasteiger partial charge in [0.05, 0.1) is 26.4 Å². The van der Waals surface area contributed by atoms with Crippen molar-refractivity contribution in [2.45, 2.75) is 32.6 Å². The molecule has 1 rings (SSSR count). The molecule has 0 radical (unpaired) electrons. The lowest BCUT2D eigenvalue weighted by molar-refractivity contribution is 0.0492. The summed E-state index contributed by atoms with van der Waals surface area (Å²) in [4.78, 5) is 12.1. The van der Waals surface area contributed by atoms with Crippen molar-refractivity contribution in [3.8, 4) is 17.2 Å². The lowest BCUT2D eigenvalue weighted by Gasteiger charge is -2.14. The number of hydrogen-bond donors (Lipinski definition) is 2. The molecule has 0 fully saturated rings. The van der Waals surface area contributed by atoms with Gasteiger partial charge in [0.15, 0.2) is 11.5 Å². The number of aromatic hydroxyl groups is 1. The van der Waals surface area contributed by atoms with Crippen molar-refractivity contribution < 1.29 is 24.1 Å². The number of benzene rings is 1. The van der Waals surface area contributed by atoms with E-state index < -0.39 is 5.97 Å². The molecule has 0 saturated carbocycles. The summed E-state index contributed by atoms with van der Waals surface area (Å²) in [6, 6.07) is 2.83. The van der Waals surface area contributed by atoms with Crippen molar-refractivity contribution in [1.29, 1.82) is 0 Å². The minimum atomic E-state index is -0.477. The fourth-order valence-corrected chi connectivity index (χ4v) is 2.58. The van der Waals surface area contributed by atoms with E-state index in [-0.39, 0.29) is 17.1 Å². The fourth-order valence-electron chi connectivity index (χ4n) is 2.58. The Balaban J connectivity index is 2.52. The molecule has 0 heterocycles. The van der Waals surface area contributed by atoms with Crippen LogP contribution in [0.4, 0.5) is 0 Å². The molecule has 1 atom stereocenters. The first kappa shape index (κ1) is 20.1. The monoisotopic (exact) mass is 339 g/mol. The highest BCUT2D eigenvalue weighted by molar-refractivity contribution is 5.91. The molecule has 0 aliphatic rings. The summed E-state index contributed by atoms with van der Waals surface area (Å²) in [6.45, 7) is 3.55. The summed E-state index contributed by atoms with van der Waals surface area (Å²) >= 11 is 0. The van der Waals surface area contributed by atoms with Crippen LogP contribution in [0.1, 0.15) is 43.0 Å². The van der Waals surface area contributed by atoms with Gasteiger partial charge in [0.1, 0.15) is 0 Å². The Morgan fingerprint density at radius 3 is 2.58 bits per heavy atom. The van der Waals surface area contributed by atoms with Crippen LogP contribution in [0.2, 0.25) is 0 Å². The van der Waals surface area contributed by atoms with Crippen LogP contribution in [0.15, 0.2) is 12.1 Å². The van der Waals surface area contributed by atoms with E-state index in [0.29, 0.717) is 18.3 Å². The van der Waals surface area contributed by atoms with Crippen molar-refractivity contribution in [3.63, 3.8) is 0 Å². The van der Waals surface area contributed by atoms with E-state index in [1.165, 1.54) is 26.4 Å². The van der Waals surface area contributed by atoms with Crippen molar-refractivity contribution in [2.75, 3.05) is 34.4 Å². The lowest BCUT2D eigenvalue weighted by atomic mass is 9.97. The van der Waals surface area contributed by atoms with Crippen molar-refractivity contribution in [3.05, 3.63) is 17.7 Å². The largest absolute Gasteiger partial charge is 0.504 e. The second-order valence-electron chi connectivity index (χ2n) is 5.68. The first-order valence-corrected chi connectivity index (χ1v) is 8.34. The third kappa shape index (κ3) is 5.92. The highest BCUT2D eigenvalue weighted by atomic mass is 16.5. The van der Waals surface area contributed by atoms with Crippen molar-refractivity contribution in [1.82, 2.24) is 5.32 Å². The van der Waals surface area contributed by atoms with Gasteiger partial charge >= 0.3 is 5.97 Å². The minimum Gasteiger partial charge on any atom is -0.504 e. The van der Waals surface area contributed by atoms with E-state index in [1.54, 1.807) is 0 Å². The maximum atomic E-state index is 12.1. The second-order valence-corrected chi connectivity index (χ2v) is 5.68. The van der Waals surface area contributed by atoms with Crippen LogP contribution >= 0.6 is 0 Å². The average Bonchev–Trinajstić information content (AvgIpc) is 2.60. The predicted octanol–water partition coefficient (Wildman–Crippen LogP) is 2.98. The molecule has 1 aromatic carbocycles. The van der Waals surface area contributed by atoms with Gasteiger partial charge in [-0.25, -0.2) is 4.79 Å². The molecule has 0 bridgehead atoms. The summed E-state index contributed by atoms with van der Waals surface area (Å²) < 4.78 is 15.5. The molecule has 0 amide bonds. The second kappa shape index (κ2) is 10.8. The normalized spacial score (nSPS) is 11.8. The number of ether oxygens (including phenoxy) is 3. The number of esters is 1. The van der Waals surface area contributed by atoms with E-state index in [4.69, 9.17) is 14.2 Å². The zero-order valence-electron chi connectivity index (χ0n) is 15.1. The van der Waals surface area contributed by atoms with E-state index in [9.17, 15) is 9.90 Å². The molecular formula is C18H29NO5. The zero-order valence-corrected chi connectivity index (χ0v) is 15.1. The molecule has 24 heavy (non-hydrogen) atoms. The number of phenols is 1. The topological polar surface area (TPSA) is 77.0 Å². The molecule has 0 saturated heterocycles. The molecule has 0 aromatic heterocycles. The Morgan fingerprint density at radius 2 is 2.00 bits per heavy atom. The molecule has 0 spiro atoms. The van der Waals surface area contributed by atoms with Crippen LogP contribution in [0.3, 0.4) is 0 Å². The van der Waals surface area contributed by atoms with Crippen molar-refractivity contribution >= 4 is 5.97 Å². The van der Waals surface area contributed by atoms with Gasteiger partial charge in [-0.05, 0) is 50.9 Å². The standard InChI is InChI=1S/C18H29NO5/c1-5-13(8-9-19-2)7-6-10-24-18(21)14-11-15(20)17(23-4)16(12-14)22-3/h11-13,19-20H,5-10H2,1-4H3. The number of methoxy groups -OCH3 is 2. The maximum absolute atomic E-state index is 12.1. The summed E-state index contributed by atoms with van der Waals surface area (Å²) in [5.41, 5.74) is 0.243. The van der Waals surface area contributed by atoms with E-state index in [2.05, 4.69) is 12.2 Å². The fraction of sp³-hybridized carbons (Fsp3) is 0.611. The SMILES string of the molecule is CCC(CCCOC(=O)c1cc(O)c(OC)c(OC)c1)CCNC. The van der Waals surface area contributed by atoms with E-state index in [0.717, 1.165) is 32.2 Å². The number of rotatable bonds is 11. The molecule has 0 aliphatic carbocycles. The van der Waals surface area contributed by atoms with Gasteiger partial charge in [0.25, 0.3) is 0 Å². The van der Waals surface area contributed by atoms with Crippen LogP contribution < -0.4 is 14.8 Å².